The number of carbonyl (C=O) groups is 2. The van der Waals surface area contributed by atoms with Gasteiger partial charge in [-0.2, -0.15) is 0 Å². The third-order valence-electron chi connectivity index (χ3n) is 4.82. The number of carbonyl (C=O) groups excluding carboxylic acids is 2. The van der Waals surface area contributed by atoms with Crippen LogP contribution in [0.2, 0.25) is 0 Å². The number of fused-ring (bicyclic) bond motifs is 1. The first-order chi connectivity index (χ1) is 13.1. The molecule has 7 nitrogen and oxygen atoms in total. The topological polar surface area (TPSA) is 95.6 Å². The van der Waals surface area contributed by atoms with Gasteiger partial charge in [0.2, 0.25) is 10.0 Å². The lowest BCUT2D eigenvalue weighted by Gasteiger charge is -2.21. The Morgan fingerprint density at radius 2 is 1.71 bits per heavy atom. The second-order valence-corrected chi connectivity index (χ2v) is 8.88. The van der Waals surface area contributed by atoms with Gasteiger partial charge in [-0.15, -0.1) is 0 Å². The second-order valence-electron chi connectivity index (χ2n) is 7.02. The lowest BCUT2D eigenvalue weighted by molar-refractivity contribution is 0.0962. The summed E-state index contributed by atoms with van der Waals surface area (Å²) in [6.45, 7) is 3.66. The summed E-state index contributed by atoms with van der Waals surface area (Å²) >= 11 is 0. The summed E-state index contributed by atoms with van der Waals surface area (Å²) in [5, 5.41) is 5.42. The lowest BCUT2D eigenvalue weighted by Crippen LogP contribution is -2.34. The number of nitrogens with one attached hydrogen (secondary N) is 2. The SMILES string of the molecule is CNC(=O)c1ccc(NC(=O)c2ccc3c(c2)CC(C)N3S(C)(=O)=O)c(C)c1. The maximum Gasteiger partial charge on any atom is 0.255 e. The van der Waals surface area contributed by atoms with Gasteiger partial charge in [0.15, 0.2) is 0 Å². The number of aryl methyl sites for hydroxylation is 1. The maximum absolute atomic E-state index is 12.7. The molecular formula is C20H23N3O4S. The Morgan fingerprint density at radius 3 is 2.32 bits per heavy atom. The molecule has 148 valence electrons. The van der Waals surface area contributed by atoms with Crippen molar-refractivity contribution < 1.29 is 18.0 Å². The summed E-state index contributed by atoms with van der Waals surface area (Å²) in [6, 6.07) is 9.91. The summed E-state index contributed by atoms with van der Waals surface area (Å²) < 4.78 is 25.4. The van der Waals surface area contributed by atoms with Crippen molar-refractivity contribution in [1.82, 2.24) is 5.32 Å². The largest absolute Gasteiger partial charge is 0.355 e. The summed E-state index contributed by atoms with van der Waals surface area (Å²) in [4.78, 5) is 24.4. The number of nitrogens with zero attached hydrogens (tertiary/aromatic N) is 1. The van der Waals surface area contributed by atoms with Crippen molar-refractivity contribution in [3.05, 3.63) is 58.7 Å². The molecule has 2 amide bonds. The van der Waals surface area contributed by atoms with E-state index in [9.17, 15) is 18.0 Å². The highest BCUT2D eigenvalue weighted by Crippen LogP contribution is 2.34. The minimum Gasteiger partial charge on any atom is -0.355 e. The van der Waals surface area contributed by atoms with E-state index in [2.05, 4.69) is 10.6 Å². The van der Waals surface area contributed by atoms with Gasteiger partial charge < -0.3 is 10.6 Å². The Morgan fingerprint density at radius 1 is 1.07 bits per heavy atom. The van der Waals surface area contributed by atoms with E-state index in [4.69, 9.17) is 0 Å². The van der Waals surface area contributed by atoms with E-state index in [0.29, 0.717) is 28.9 Å². The van der Waals surface area contributed by atoms with Crippen LogP contribution in [0.3, 0.4) is 0 Å². The highest BCUT2D eigenvalue weighted by Gasteiger charge is 2.32. The van der Waals surface area contributed by atoms with Crippen molar-refractivity contribution in [2.75, 3.05) is 22.9 Å². The Kier molecular flexibility index (Phi) is 5.16. The number of amides is 2. The van der Waals surface area contributed by atoms with E-state index in [-0.39, 0.29) is 17.9 Å². The monoisotopic (exact) mass is 401 g/mol. The van der Waals surface area contributed by atoms with Crippen LogP contribution in [0.15, 0.2) is 36.4 Å². The number of hydrogen-bond donors (Lipinski definition) is 2. The minimum absolute atomic E-state index is 0.178. The predicted molar refractivity (Wildman–Crippen MR) is 109 cm³/mol. The molecule has 1 atom stereocenters. The van der Waals surface area contributed by atoms with E-state index in [1.54, 1.807) is 43.4 Å². The van der Waals surface area contributed by atoms with Crippen LogP contribution >= 0.6 is 0 Å². The van der Waals surface area contributed by atoms with Crippen LogP contribution in [-0.2, 0) is 16.4 Å². The van der Waals surface area contributed by atoms with Crippen molar-refractivity contribution in [1.29, 1.82) is 0 Å². The fourth-order valence-electron chi connectivity index (χ4n) is 3.53. The van der Waals surface area contributed by atoms with E-state index < -0.39 is 10.0 Å². The number of anilines is 2. The zero-order chi connectivity index (χ0) is 20.6. The van der Waals surface area contributed by atoms with Crippen LogP contribution < -0.4 is 14.9 Å². The number of benzene rings is 2. The molecule has 2 N–H and O–H groups in total. The number of sulfonamides is 1. The molecule has 0 saturated heterocycles. The molecule has 0 saturated carbocycles. The maximum atomic E-state index is 12.7. The standard InChI is InChI=1S/C20H23N3O4S/c1-12-9-14(19(24)21-3)5-7-17(12)22-20(25)15-6-8-18-16(11-15)10-13(2)23(18)28(4,26)27/h5-9,11,13H,10H2,1-4H3,(H,21,24)(H,22,25). The Labute approximate surface area is 164 Å². The van der Waals surface area contributed by atoms with Crippen molar-refractivity contribution >= 4 is 33.2 Å². The van der Waals surface area contributed by atoms with E-state index in [1.807, 2.05) is 13.8 Å². The van der Waals surface area contributed by atoms with Crippen LogP contribution in [0.5, 0.6) is 0 Å². The molecule has 0 spiro atoms. The van der Waals surface area contributed by atoms with Crippen LogP contribution in [-0.4, -0.2) is 39.6 Å². The zero-order valence-electron chi connectivity index (χ0n) is 16.2. The fourth-order valence-corrected chi connectivity index (χ4v) is 4.80. The Balaban J connectivity index is 1.84. The minimum atomic E-state index is -3.37. The summed E-state index contributed by atoms with van der Waals surface area (Å²) in [7, 11) is -1.80. The van der Waals surface area contributed by atoms with Crippen molar-refractivity contribution in [2.45, 2.75) is 26.3 Å². The molecule has 1 aliphatic rings. The average molecular weight is 401 g/mol. The number of hydrogen-bond acceptors (Lipinski definition) is 4. The molecule has 0 bridgehead atoms. The molecular weight excluding hydrogens is 378 g/mol. The third kappa shape index (κ3) is 3.73. The van der Waals surface area contributed by atoms with Gasteiger partial charge in [-0.1, -0.05) is 0 Å². The normalized spacial score (nSPS) is 15.9. The predicted octanol–water partition coefficient (Wildman–Crippen LogP) is 2.32. The zero-order valence-corrected chi connectivity index (χ0v) is 17.1. The molecule has 2 aromatic rings. The molecule has 3 rings (SSSR count). The molecule has 1 aliphatic heterocycles. The van der Waals surface area contributed by atoms with Crippen LogP contribution in [0.25, 0.3) is 0 Å². The molecule has 0 aromatic heterocycles. The third-order valence-corrected chi connectivity index (χ3v) is 6.09. The Bertz CT molecular complexity index is 1060. The lowest BCUT2D eigenvalue weighted by atomic mass is 10.1. The summed E-state index contributed by atoms with van der Waals surface area (Å²) in [6.07, 6.45) is 1.74. The van der Waals surface area contributed by atoms with Gasteiger partial charge in [-0.05, 0) is 67.8 Å². The molecule has 1 unspecified atom stereocenters. The van der Waals surface area contributed by atoms with E-state index in [1.165, 1.54) is 10.6 Å². The molecule has 0 radical (unpaired) electrons. The smallest absolute Gasteiger partial charge is 0.255 e. The van der Waals surface area contributed by atoms with Crippen molar-refractivity contribution in [3.63, 3.8) is 0 Å². The van der Waals surface area contributed by atoms with Gasteiger partial charge in [0, 0.05) is 29.9 Å². The first-order valence-electron chi connectivity index (χ1n) is 8.88. The molecule has 8 heteroatoms. The van der Waals surface area contributed by atoms with Crippen molar-refractivity contribution in [3.8, 4) is 0 Å². The summed E-state index contributed by atoms with van der Waals surface area (Å²) in [5.41, 5.74) is 3.81. The van der Waals surface area contributed by atoms with Gasteiger partial charge in [0.1, 0.15) is 0 Å². The molecule has 0 aliphatic carbocycles. The van der Waals surface area contributed by atoms with Crippen molar-refractivity contribution in [2.24, 2.45) is 0 Å². The molecule has 1 heterocycles. The van der Waals surface area contributed by atoms with Gasteiger partial charge in [0.05, 0.1) is 11.9 Å². The first kappa shape index (κ1) is 19.9. The molecule has 2 aromatic carbocycles. The van der Waals surface area contributed by atoms with Crippen LogP contribution in [0.1, 0.15) is 38.8 Å². The van der Waals surface area contributed by atoms with Crippen LogP contribution in [0, 0.1) is 6.92 Å². The first-order valence-corrected chi connectivity index (χ1v) is 10.7. The highest BCUT2D eigenvalue weighted by molar-refractivity contribution is 7.92. The molecule has 0 fully saturated rings. The second kappa shape index (κ2) is 7.27. The van der Waals surface area contributed by atoms with E-state index >= 15 is 0 Å². The van der Waals surface area contributed by atoms with Gasteiger partial charge in [-0.3, -0.25) is 13.9 Å². The molecule has 28 heavy (non-hydrogen) atoms. The quantitative estimate of drug-likeness (QED) is 0.822. The van der Waals surface area contributed by atoms with Gasteiger partial charge in [-0.25, -0.2) is 8.42 Å². The number of rotatable bonds is 4. The van der Waals surface area contributed by atoms with Crippen LogP contribution in [0.4, 0.5) is 11.4 Å². The fraction of sp³-hybridized carbons (Fsp3) is 0.300. The van der Waals surface area contributed by atoms with Gasteiger partial charge in [0.25, 0.3) is 11.8 Å². The summed E-state index contributed by atoms with van der Waals surface area (Å²) in [5.74, 6) is -0.479. The highest BCUT2D eigenvalue weighted by atomic mass is 32.2. The van der Waals surface area contributed by atoms with Gasteiger partial charge >= 0.3 is 0 Å². The average Bonchev–Trinajstić information content (AvgIpc) is 2.97. The Hall–Kier alpha value is -2.87. The van der Waals surface area contributed by atoms with E-state index in [0.717, 1.165) is 11.1 Å².